The molecule has 0 radical (unpaired) electrons. The molecule has 0 fully saturated rings. The maximum absolute atomic E-state index is 13.3. The minimum atomic E-state index is -3.16. The van der Waals surface area contributed by atoms with E-state index in [1.807, 2.05) is 4.57 Å². The van der Waals surface area contributed by atoms with Gasteiger partial charge < -0.3 is 0 Å². The minimum Gasteiger partial charge on any atom is -0.287 e. The van der Waals surface area contributed by atoms with Gasteiger partial charge in [-0.1, -0.05) is 25.6 Å². The van der Waals surface area contributed by atoms with E-state index in [4.69, 9.17) is 4.98 Å². The van der Waals surface area contributed by atoms with E-state index in [1.54, 1.807) is 23.1 Å². The molecule has 1 aliphatic carbocycles. The summed E-state index contributed by atoms with van der Waals surface area (Å²) < 4.78 is 26.7. The number of hydrogen-bond donors (Lipinski definition) is 1. The van der Waals surface area contributed by atoms with E-state index in [0.29, 0.717) is 31.2 Å². The fourth-order valence-electron chi connectivity index (χ4n) is 3.41. The predicted molar refractivity (Wildman–Crippen MR) is 118 cm³/mol. The molecule has 0 saturated carbocycles. The van der Waals surface area contributed by atoms with Gasteiger partial charge in [0.15, 0.2) is 5.16 Å². The topological polar surface area (TPSA) is 81.1 Å². The van der Waals surface area contributed by atoms with Gasteiger partial charge in [-0.2, -0.15) is 0 Å². The molecule has 6 nitrogen and oxygen atoms in total. The Balaban J connectivity index is 1.86. The summed E-state index contributed by atoms with van der Waals surface area (Å²) in [5.74, 6) is 1.23. The summed E-state index contributed by atoms with van der Waals surface area (Å²) in [6.07, 6.45) is 7.17. The lowest BCUT2D eigenvalue weighted by atomic mass is 9.97. The molecule has 3 rings (SSSR count). The van der Waals surface area contributed by atoms with Crippen molar-refractivity contribution in [3.05, 3.63) is 20.8 Å². The second kappa shape index (κ2) is 9.28. The standard InChI is InChI=1S/C19H29N3O3S3/c1-13(2)9-11-22-18(23)16-14-7-4-5-8-15(14)27-17(16)21-19(22)26-12-6-10-20-28(3,24)25/h13,20H,4-12H2,1-3H3. The van der Waals surface area contributed by atoms with Crippen LogP contribution in [-0.2, 0) is 29.4 Å². The molecule has 0 aromatic carbocycles. The third kappa shape index (κ3) is 5.37. The predicted octanol–water partition coefficient (Wildman–Crippen LogP) is 3.41. The third-order valence-corrected chi connectivity index (χ3v) is 7.86. The fraction of sp³-hybridized carbons (Fsp3) is 0.684. The first-order chi connectivity index (χ1) is 13.3. The average molecular weight is 444 g/mol. The number of aryl methyl sites for hydroxylation is 2. The highest BCUT2D eigenvalue weighted by Gasteiger charge is 2.22. The Morgan fingerprint density at radius 3 is 2.75 bits per heavy atom. The molecule has 2 heterocycles. The quantitative estimate of drug-likeness (QED) is 0.365. The molecule has 1 aliphatic rings. The number of nitrogens with zero attached hydrogens (tertiary/aromatic N) is 2. The summed E-state index contributed by atoms with van der Waals surface area (Å²) in [6.45, 7) is 5.39. The molecule has 2 aromatic heterocycles. The van der Waals surface area contributed by atoms with Gasteiger partial charge in [0.1, 0.15) is 4.83 Å². The van der Waals surface area contributed by atoms with Gasteiger partial charge in [-0.15, -0.1) is 11.3 Å². The van der Waals surface area contributed by atoms with Crippen LogP contribution in [0.4, 0.5) is 0 Å². The van der Waals surface area contributed by atoms with Gasteiger partial charge in [0.05, 0.1) is 11.6 Å². The lowest BCUT2D eigenvalue weighted by molar-refractivity contribution is 0.481. The van der Waals surface area contributed by atoms with Gasteiger partial charge >= 0.3 is 0 Å². The molecule has 28 heavy (non-hydrogen) atoms. The van der Waals surface area contributed by atoms with E-state index < -0.39 is 10.0 Å². The number of aromatic nitrogens is 2. The van der Waals surface area contributed by atoms with Crippen LogP contribution in [0.1, 0.15) is 50.0 Å². The Kier molecular flexibility index (Phi) is 7.22. The fourth-order valence-corrected chi connectivity index (χ4v) is 6.19. The van der Waals surface area contributed by atoms with Gasteiger partial charge in [0, 0.05) is 23.7 Å². The average Bonchev–Trinajstić information content (AvgIpc) is 2.98. The van der Waals surface area contributed by atoms with Crippen molar-refractivity contribution in [2.75, 3.05) is 18.6 Å². The van der Waals surface area contributed by atoms with Crippen LogP contribution in [0.5, 0.6) is 0 Å². The molecular formula is C19H29N3O3S3. The molecule has 0 saturated heterocycles. The normalized spacial score (nSPS) is 14.7. The molecule has 156 valence electrons. The number of fused-ring (bicyclic) bond motifs is 3. The Morgan fingerprint density at radius 2 is 2.04 bits per heavy atom. The SMILES string of the molecule is CC(C)CCn1c(SCCCNS(C)(=O)=O)nc2sc3c(c2c1=O)CCCC3. The monoisotopic (exact) mass is 443 g/mol. The van der Waals surface area contributed by atoms with Crippen LogP contribution in [0.3, 0.4) is 0 Å². The van der Waals surface area contributed by atoms with Crippen LogP contribution in [0.2, 0.25) is 0 Å². The summed E-state index contributed by atoms with van der Waals surface area (Å²) in [5, 5.41) is 1.60. The molecule has 0 atom stereocenters. The first-order valence-electron chi connectivity index (χ1n) is 9.89. The number of hydrogen-bond acceptors (Lipinski definition) is 6. The first-order valence-corrected chi connectivity index (χ1v) is 13.6. The highest BCUT2D eigenvalue weighted by atomic mass is 32.2. The Morgan fingerprint density at radius 1 is 1.29 bits per heavy atom. The van der Waals surface area contributed by atoms with Gasteiger partial charge in [0.2, 0.25) is 10.0 Å². The van der Waals surface area contributed by atoms with Gasteiger partial charge in [-0.25, -0.2) is 18.1 Å². The number of sulfonamides is 1. The lowest BCUT2D eigenvalue weighted by Crippen LogP contribution is -2.25. The summed E-state index contributed by atoms with van der Waals surface area (Å²) in [4.78, 5) is 20.4. The van der Waals surface area contributed by atoms with E-state index >= 15 is 0 Å². The van der Waals surface area contributed by atoms with Crippen molar-refractivity contribution < 1.29 is 8.42 Å². The van der Waals surface area contributed by atoms with Crippen LogP contribution in [0.15, 0.2) is 9.95 Å². The Bertz CT molecular complexity index is 993. The molecule has 0 amide bonds. The summed E-state index contributed by atoms with van der Waals surface area (Å²) in [7, 11) is -3.16. The summed E-state index contributed by atoms with van der Waals surface area (Å²) >= 11 is 3.23. The van der Waals surface area contributed by atoms with E-state index in [1.165, 1.54) is 16.9 Å². The van der Waals surface area contributed by atoms with Crippen LogP contribution in [0.25, 0.3) is 10.2 Å². The second-order valence-electron chi connectivity index (χ2n) is 7.79. The van der Waals surface area contributed by atoms with Crippen molar-refractivity contribution in [2.45, 2.75) is 64.1 Å². The van der Waals surface area contributed by atoms with Gasteiger partial charge in [0.25, 0.3) is 5.56 Å². The number of thioether (sulfide) groups is 1. The van der Waals surface area contributed by atoms with E-state index in [9.17, 15) is 13.2 Å². The zero-order chi connectivity index (χ0) is 20.3. The molecule has 1 N–H and O–H groups in total. The van der Waals surface area contributed by atoms with E-state index in [0.717, 1.165) is 47.3 Å². The maximum Gasteiger partial charge on any atom is 0.263 e. The third-order valence-electron chi connectivity index (χ3n) is 4.89. The Labute approximate surface area is 175 Å². The number of thiophene rings is 1. The number of rotatable bonds is 9. The molecule has 9 heteroatoms. The molecule has 0 spiro atoms. The van der Waals surface area contributed by atoms with Crippen molar-refractivity contribution in [1.29, 1.82) is 0 Å². The zero-order valence-electron chi connectivity index (χ0n) is 16.8. The highest BCUT2D eigenvalue weighted by Crippen LogP contribution is 2.34. The van der Waals surface area contributed by atoms with Gasteiger partial charge in [-0.3, -0.25) is 9.36 Å². The maximum atomic E-state index is 13.3. The molecular weight excluding hydrogens is 414 g/mol. The molecule has 2 aromatic rings. The van der Waals surface area contributed by atoms with E-state index in [-0.39, 0.29) is 5.56 Å². The van der Waals surface area contributed by atoms with Crippen LogP contribution in [-0.4, -0.2) is 36.5 Å². The smallest absolute Gasteiger partial charge is 0.263 e. The van der Waals surface area contributed by atoms with Crippen molar-refractivity contribution in [3.8, 4) is 0 Å². The van der Waals surface area contributed by atoms with Crippen LogP contribution in [0, 0.1) is 5.92 Å². The van der Waals surface area contributed by atoms with Crippen molar-refractivity contribution in [3.63, 3.8) is 0 Å². The molecule has 0 unspecified atom stereocenters. The summed E-state index contributed by atoms with van der Waals surface area (Å²) in [5.41, 5.74) is 1.33. The van der Waals surface area contributed by atoms with Crippen molar-refractivity contribution in [1.82, 2.24) is 14.3 Å². The van der Waals surface area contributed by atoms with Crippen LogP contribution >= 0.6 is 23.1 Å². The lowest BCUT2D eigenvalue weighted by Gasteiger charge is -2.14. The first kappa shape index (κ1) is 21.8. The Hall–Kier alpha value is -0.900. The minimum absolute atomic E-state index is 0.0989. The molecule has 0 aliphatic heterocycles. The van der Waals surface area contributed by atoms with Gasteiger partial charge in [-0.05, 0) is 50.0 Å². The van der Waals surface area contributed by atoms with E-state index in [2.05, 4.69) is 18.6 Å². The zero-order valence-corrected chi connectivity index (χ0v) is 19.2. The largest absolute Gasteiger partial charge is 0.287 e. The summed E-state index contributed by atoms with van der Waals surface area (Å²) in [6, 6.07) is 0. The van der Waals surface area contributed by atoms with Crippen molar-refractivity contribution in [2.24, 2.45) is 5.92 Å². The second-order valence-corrected chi connectivity index (χ2v) is 11.8. The molecule has 0 bridgehead atoms. The van der Waals surface area contributed by atoms with Crippen LogP contribution < -0.4 is 10.3 Å². The highest BCUT2D eigenvalue weighted by molar-refractivity contribution is 7.99. The van der Waals surface area contributed by atoms with Crippen molar-refractivity contribution >= 4 is 43.3 Å². The number of nitrogens with one attached hydrogen (secondary N) is 1.